The first kappa shape index (κ1) is 26.3. The van der Waals surface area contributed by atoms with Gasteiger partial charge in [-0.15, -0.1) is 0 Å². The number of hydrogen-bond acceptors (Lipinski definition) is 7. The molecule has 3 atom stereocenters. The van der Waals surface area contributed by atoms with Crippen molar-refractivity contribution in [3.63, 3.8) is 0 Å². The monoisotopic (exact) mass is 461 g/mol. The third kappa shape index (κ3) is 7.28. The molecule has 3 amide bonds. The predicted molar refractivity (Wildman–Crippen MR) is 122 cm³/mol. The van der Waals surface area contributed by atoms with Crippen LogP contribution in [0.25, 0.3) is 0 Å². The number of imide groups is 1. The molecule has 1 saturated heterocycles. The summed E-state index contributed by atoms with van der Waals surface area (Å²) in [6.45, 7) is 8.69. The van der Waals surface area contributed by atoms with Crippen LogP contribution >= 0.6 is 0 Å². The van der Waals surface area contributed by atoms with Crippen LogP contribution in [0.3, 0.4) is 0 Å². The number of carbonyl (C=O) groups is 4. The van der Waals surface area contributed by atoms with E-state index < -0.39 is 47.6 Å². The molecular weight excluding hydrogens is 426 g/mol. The topological polar surface area (TPSA) is 105 Å². The van der Waals surface area contributed by atoms with Gasteiger partial charge in [0.25, 0.3) is 0 Å². The molecule has 0 aromatic heterocycles. The summed E-state index contributed by atoms with van der Waals surface area (Å²) in [5.41, 5.74) is 0.292. The van der Waals surface area contributed by atoms with Crippen LogP contribution in [0.5, 0.6) is 0 Å². The molecule has 1 aliphatic rings. The highest BCUT2D eigenvalue weighted by atomic mass is 16.6. The van der Waals surface area contributed by atoms with Crippen LogP contribution in [-0.2, 0) is 30.3 Å². The van der Waals surface area contributed by atoms with Gasteiger partial charge in [0.2, 0.25) is 5.91 Å². The number of amides is 3. The molecule has 1 aromatic carbocycles. The molecule has 2 rings (SSSR count). The quantitative estimate of drug-likeness (QED) is 0.562. The Morgan fingerprint density at radius 2 is 1.82 bits per heavy atom. The number of likely N-dealkylation sites (N-methyl/N-ethyl adjacent to an activating group) is 1. The third-order valence-electron chi connectivity index (χ3n) is 5.16. The van der Waals surface area contributed by atoms with Crippen molar-refractivity contribution in [2.45, 2.75) is 71.2 Å². The van der Waals surface area contributed by atoms with E-state index >= 15 is 0 Å². The Morgan fingerprint density at radius 3 is 2.39 bits per heavy atom. The molecule has 1 aliphatic heterocycles. The van der Waals surface area contributed by atoms with E-state index in [-0.39, 0.29) is 13.2 Å². The van der Waals surface area contributed by atoms with Gasteiger partial charge in [-0.3, -0.25) is 14.9 Å². The van der Waals surface area contributed by atoms with Gasteiger partial charge in [0, 0.05) is 7.05 Å². The minimum absolute atomic E-state index is 0.0432. The molecule has 1 aromatic rings. The van der Waals surface area contributed by atoms with Crippen molar-refractivity contribution in [2.75, 3.05) is 20.2 Å². The van der Waals surface area contributed by atoms with Crippen molar-refractivity contribution in [3.8, 4) is 0 Å². The lowest BCUT2D eigenvalue weighted by molar-refractivity contribution is -0.162. The molecule has 0 radical (unpaired) electrons. The average Bonchev–Trinajstić information content (AvgIpc) is 3.04. The SMILES string of the molecule is CCOC(=O)[C@H](CCc1ccccc1)N[C@@H](C)C(=O)N1C(=O)N(C)C[C@H]1C(=O)OC(C)(C)C. The Bertz CT molecular complexity index is 852. The lowest BCUT2D eigenvalue weighted by Crippen LogP contribution is -2.55. The number of carbonyl (C=O) groups excluding carboxylic acids is 4. The number of nitrogens with zero attached hydrogens (tertiary/aromatic N) is 2. The van der Waals surface area contributed by atoms with Crippen LogP contribution in [-0.4, -0.2) is 77.6 Å². The highest BCUT2D eigenvalue weighted by Crippen LogP contribution is 2.20. The van der Waals surface area contributed by atoms with Crippen molar-refractivity contribution in [1.29, 1.82) is 0 Å². The van der Waals surface area contributed by atoms with Crippen molar-refractivity contribution in [2.24, 2.45) is 0 Å². The van der Waals surface area contributed by atoms with E-state index in [2.05, 4.69) is 5.32 Å². The highest BCUT2D eigenvalue weighted by Gasteiger charge is 2.46. The molecule has 0 unspecified atom stereocenters. The maximum Gasteiger partial charge on any atom is 0.331 e. The van der Waals surface area contributed by atoms with Crippen LogP contribution < -0.4 is 5.32 Å². The van der Waals surface area contributed by atoms with Crippen molar-refractivity contribution < 1.29 is 28.7 Å². The molecular formula is C24H35N3O6. The fraction of sp³-hybridized carbons (Fsp3) is 0.583. The summed E-state index contributed by atoms with van der Waals surface area (Å²) in [5.74, 6) is -1.72. The standard InChI is InChI=1S/C24H35N3O6/c1-7-32-21(29)18(14-13-17-11-9-8-10-12-17)25-16(2)20(28)27-19(15-26(6)23(27)31)22(30)33-24(3,4)5/h8-12,16,18-19,25H,7,13-15H2,1-6H3/t16-,18-,19-/m0/s1. The van der Waals surface area contributed by atoms with Gasteiger partial charge >= 0.3 is 18.0 Å². The highest BCUT2D eigenvalue weighted by molar-refractivity contribution is 6.03. The molecule has 0 spiro atoms. The molecule has 1 heterocycles. The number of esters is 2. The van der Waals surface area contributed by atoms with Crippen molar-refractivity contribution >= 4 is 23.9 Å². The smallest absolute Gasteiger partial charge is 0.331 e. The van der Waals surface area contributed by atoms with Crippen molar-refractivity contribution in [1.82, 2.24) is 15.1 Å². The van der Waals surface area contributed by atoms with Crippen molar-refractivity contribution in [3.05, 3.63) is 35.9 Å². The van der Waals surface area contributed by atoms with E-state index in [9.17, 15) is 19.2 Å². The van der Waals surface area contributed by atoms with E-state index in [1.54, 1.807) is 34.6 Å². The first-order valence-electron chi connectivity index (χ1n) is 11.2. The minimum Gasteiger partial charge on any atom is -0.465 e. The van der Waals surface area contributed by atoms with Crippen LogP contribution in [0.4, 0.5) is 4.79 Å². The zero-order valence-corrected chi connectivity index (χ0v) is 20.3. The first-order chi connectivity index (χ1) is 15.4. The summed E-state index contributed by atoms with van der Waals surface area (Å²) in [5, 5.41) is 3.00. The van der Waals surface area contributed by atoms with Crippen LogP contribution in [0, 0.1) is 0 Å². The second-order valence-electron chi connectivity index (χ2n) is 9.14. The third-order valence-corrected chi connectivity index (χ3v) is 5.16. The molecule has 0 aliphatic carbocycles. The number of rotatable bonds is 9. The zero-order valence-electron chi connectivity index (χ0n) is 20.3. The summed E-state index contributed by atoms with van der Waals surface area (Å²) in [6.07, 6.45) is 1.01. The van der Waals surface area contributed by atoms with Crippen LogP contribution in [0.2, 0.25) is 0 Å². The Morgan fingerprint density at radius 1 is 1.18 bits per heavy atom. The number of aryl methyl sites for hydroxylation is 1. The van der Waals surface area contributed by atoms with Gasteiger partial charge < -0.3 is 14.4 Å². The van der Waals surface area contributed by atoms with Gasteiger partial charge in [-0.05, 0) is 53.0 Å². The zero-order chi connectivity index (χ0) is 24.8. The van der Waals surface area contributed by atoms with E-state index in [1.807, 2.05) is 30.3 Å². The Hall–Kier alpha value is -2.94. The molecule has 1 N–H and O–H groups in total. The van der Waals surface area contributed by atoms with Gasteiger partial charge in [-0.1, -0.05) is 30.3 Å². The molecule has 0 bridgehead atoms. The van der Waals surface area contributed by atoms with E-state index in [4.69, 9.17) is 9.47 Å². The molecule has 9 nitrogen and oxygen atoms in total. The minimum atomic E-state index is -1.05. The van der Waals surface area contributed by atoms with Gasteiger partial charge in [0.1, 0.15) is 11.6 Å². The summed E-state index contributed by atoms with van der Waals surface area (Å²) < 4.78 is 10.6. The lowest BCUT2D eigenvalue weighted by atomic mass is 10.0. The number of hydrogen-bond donors (Lipinski definition) is 1. The first-order valence-corrected chi connectivity index (χ1v) is 11.2. The molecule has 182 valence electrons. The summed E-state index contributed by atoms with van der Waals surface area (Å²) in [7, 11) is 1.52. The van der Waals surface area contributed by atoms with Gasteiger partial charge in [0.15, 0.2) is 6.04 Å². The van der Waals surface area contributed by atoms with Gasteiger partial charge in [-0.2, -0.15) is 0 Å². The average molecular weight is 462 g/mol. The lowest BCUT2D eigenvalue weighted by Gasteiger charge is -2.28. The normalized spacial score (nSPS) is 18.1. The predicted octanol–water partition coefficient (Wildman–Crippen LogP) is 2.13. The van der Waals surface area contributed by atoms with Crippen LogP contribution in [0.1, 0.15) is 46.6 Å². The number of urea groups is 1. The van der Waals surface area contributed by atoms with E-state index in [0.717, 1.165) is 10.5 Å². The summed E-state index contributed by atoms with van der Waals surface area (Å²) >= 11 is 0. The van der Waals surface area contributed by atoms with Gasteiger partial charge in [-0.25, -0.2) is 14.5 Å². The molecule has 1 fully saturated rings. The molecule has 33 heavy (non-hydrogen) atoms. The number of ether oxygens (including phenoxy) is 2. The maximum absolute atomic E-state index is 13.2. The largest absolute Gasteiger partial charge is 0.465 e. The van der Waals surface area contributed by atoms with E-state index in [1.165, 1.54) is 11.9 Å². The fourth-order valence-corrected chi connectivity index (χ4v) is 3.58. The van der Waals surface area contributed by atoms with Gasteiger partial charge in [0.05, 0.1) is 19.2 Å². The van der Waals surface area contributed by atoms with Crippen LogP contribution in [0.15, 0.2) is 30.3 Å². The Labute approximate surface area is 195 Å². The number of benzene rings is 1. The number of nitrogens with one attached hydrogen (secondary N) is 1. The van der Waals surface area contributed by atoms with E-state index in [0.29, 0.717) is 12.8 Å². The Balaban J connectivity index is 2.14. The molecule has 9 heteroatoms. The second-order valence-corrected chi connectivity index (χ2v) is 9.14. The summed E-state index contributed by atoms with van der Waals surface area (Å²) in [6, 6.07) is 6.37. The fourth-order valence-electron chi connectivity index (χ4n) is 3.58. The summed E-state index contributed by atoms with van der Waals surface area (Å²) in [4.78, 5) is 53.3. The second kappa shape index (κ2) is 11.3. The molecule has 0 saturated carbocycles. The Kier molecular flexibility index (Phi) is 8.99. The maximum atomic E-state index is 13.2.